The van der Waals surface area contributed by atoms with Crippen molar-refractivity contribution in [3.8, 4) is 0 Å². The van der Waals surface area contributed by atoms with Gasteiger partial charge in [-0.05, 0) is 50.7 Å². The zero-order valence-electron chi connectivity index (χ0n) is 19.2. The molecule has 0 aliphatic carbocycles. The molecular formula is C24H29N5O3. The molecule has 0 saturated carbocycles. The number of carbonyl (C=O) groups is 2. The molecule has 8 nitrogen and oxygen atoms in total. The van der Waals surface area contributed by atoms with Crippen LogP contribution in [0.4, 0.5) is 5.69 Å². The maximum absolute atomic E-state index is 13.1. The van der Waals surface area contributed by atoms with Crippen LogP contribution in [-0.2, 0) is 18.9 Å². The Morgan fingerprint density at radius 2 is 1.78 bits per heavy atom. The van der Waals surface area contributed by atoms with Gasteiger partial charge in [0, 0.05) is 68.3 Å². The Labute approximate surface area is 187 Å². The largest absolute Gasteiger partial charge is 0.348 e. The summed E-state index contributed by atoms with van der Waals surface area (Å²) in [5, 5.41) is 4.15. The van der Waals surface area contributed by atoms with Crippen LogP contribution in [0.25, 0.3) is 10.9 Å². The molecule has 2 amide bonds. The number of aryl methyl sites for hydroxylation is 3. The number of nitrogens with one attached hydrogen (secondary N) is 1. The summed E-state index contributed by atoms with van der Waals surface area (Å²) in [6.07, 6.45) is 1.54. The Morgan fingerprint density at radius 1 is 1.03 bits per heavy atom. The smallest absolute Gasteiger partial charge is 0.255 e. The number of piperazine rings is 1. The van der Waals surface area contributed by atoms with Crippen molar-refractivity contribution in [3.63, 3.8) is 0 Å². The van der Waals surface area contributed by atoms with Crippen LogP contribution in [0.1, 0.15) is 21.6 Å². The first-order valence-electron chi connectivity index (χ1n) is 10.7. The van der Waals surface area contributed by atoms with Crippen LogP contribution >= 0.6 is 0 Å². The molecule has 2 aromatic heterocycles. The fourth-order valence-electron chi connectivity index (χ4n) is 4.30. The predicted molar refractivity (Wildman–Crippen MR) is 125 cm³/mol. The molecule has 0 bridgehead atoms. The second-order valence-corrected chi connectivity index (χ2v) is 8.61. The molecule has 1 aromatic carbocycles. The van der Waals surface area contributed by atoms with Gasteiger partial charge in [-0.25, -0.2) is 0 Å². The number of amides is 2. The number of rotatable bonds is 3. The number of likely N-dealkylation sites (N-methyl/N-ethyl adjacent to an activating group) is 1. The van der Waals surface area contributed by atoms with Crippen LogP contribution in [-0.4, -0.2) is 63.5 Å². The van der Waals surface area contributed by atoms with E-state index in [4.69, 9.17) is 0 Å². The van der Waals surface area contributed by atoms with Crippen molar-refractivity contribution in [1.82, 2.24) is 18.9 Å². The van der Waals surface area contributed by atoms with E-state index < -0.39 is 6.04 Å². The van der Waals surface area contributed by atoms with Crippen LogP contribution in [0.3, 0.4) is 0 Å². The summed E-state index contributed by atoms with van der Waals surface area (Å²) in [6, 6.07) is 8.40. The van der Waals surface area contributed by atoms with Crippen molar-refractivity contribution in [2.24, 2.45) is 14.1 Å². The van der Waals surface area contributed by atoms with Crippen LogP contribution in [0.2, 0.25) is 0 Å². The molecule has 1 atom stereocenters. The third-order valence-corrected chi connectivity index (χ3v) is 6.65. The number of carbonyl (C=O) groups excluding carboxylic acids is 2. The lowest BCUT2D eigenvalue weighted by Crippen LogP contribution is -2.57. The summed E-state index contributed by atoms with van der Waals surface area (Å²) in [5.74, 6) is -0.321. The molecule has 168 valence electrons. The van der Waals surface area contributed by atoms with E-state index >= 15 is 0 Å². The van der Waals surface area contributed by atoms with Gasteiger partial charge in [-0.1, -0.05) is 0 Å². The Morgan fingerprint density at radius 3 is 2.50 bits per heavy atom. The topological polar surface area (TPSA) is 79.6 Å². The lowest BCUT2D eigenvalue weighted by molar-refractivity contribution is -0.122. The van der Waals surface area contributed by atoms with Crippen molar-refractivity contribution >= 4 is 28.4 Å². The van der Waals surface area contributed by atoms with Gasteiger partial charge in [0.15, 0.2) is 0 Å². The summed E-state index contributed by atoms with van der Waals surface area (Å²) in [7, 11) is 5.55. The van der Waals surface area contributed by atoms with Gasteiger partial charge in [0.05, 0.1) is 5.56 Å². The molecule has 1 saturated heterocycles. The highest BCUT2D eigenvalue weighted by molar-refractivity contribution is 5.99. The fraction of sp³-hybridized carbons (Fsp3) is 0.375. The van der Waals surface area contributed by atoms with E-state index in [0.717, 1.165) is 16.6 Å². The highest BCUT2D eigenvalue weighted by Crippen LogP contribution is 2.27. The number of aromatic nitrogens is 2. The minimum atomic E-state index is -0.463. The first-order valence-corrected chi connectivity index (χ1v) is 10.7. The molecule has 1 N–H and O–H groups in total. The van der Waals surface area contributed by atoms with Crippen molar-refractivity contribution in [3.05, 3.63) is 63.7 Å². The first kappa shape index (κ1) is 21.8. The summed E-state index contributed by atoms with van der Waals surface area (Å²) < 4.78 is 3.53. The van der Waals surface area contributed by atoms with Crippen molar-refractivity contribution in [2.45, 2.75) is 19.9 Å². The first-order chi connectivity index (χ1) is 15.2. The van der Waals surface area contributed by atoms with Crippen LogP contribution in [0.15, 0.2) is 41.3 Å². The van der Waals surface area contributed by atoms with E-state index in [2.05, 4.69) is 23.7 Å². The molecule has 1 aliphatic heterocycles. The van der Waals surface area contributed by atoms with Crippen molar-refractivity contribution in [1.29, 1.82) is 0 Å². The summed E-state index contributed by atoms with van der Waals surface area (Å²) >= 11 is 0. The third-order valence-electron chi connectivity index (χ3n) is 6.65. The second kappa shape index (κ2) is 8.27. The van der Waals surface area contributed by atoms with Gasteiger partial charge in [0.25, 0.3) is 5.91 Å². The molecule has 32 heavy (non-hydrogen) atoms. The molecule has 4 rings (SSSR count). The molecule has 3 heterocycles. The van der Waals surface area contributed by atoms with Gasteiger partial charge in [-0.3, -0.25) is 19.3 Å². The Hall–Kier alpha value is -3.39. The van der Waals surface area contributed by atoms with E-state index in [-0.39, 0.29) is 23.9 Å². The number of hydrogen-bond acceptors (Lipinski definition) is 4. The number of pyridine rings is 1. The number of fused-ring (bicyclic) bond motifs is 1. The standard InChI is InChI=1S/C24H29N5O3/c1-15-16(2)28(5)20-8-7-18(12-19(15)20)25-23(31)21-14-29(11-10-26(21)3)24(32)17-6-9-22(30)27(4)13-17/h6-9,12-13,21H,10-11,14H2,1-5H3,(H,25,31)/t21-/m1/s1. The molecule has 1 fully saturated rings. The average Bonchev–Trinajstić information content (AvgIpc) is 2.99. The number of anilines is 1. The predicted octanol–water partition coefficient (Wildman–Crippen LogP) is 1.89. The lowest BCUT2D eigenvalue weighted by Gasteiger charge is -2.38. The van der Waals surface area contributed by atoms with Crippen molar-refractivity contribution < 1.29 is 9.59 Å². The van der Waals surface area contributed by atoms with Gasteiger partial charge in [0.2, 0.25) is 11.5 Å². The molecule has 3 aromatic rings. The number of benzene rings is 1. The number of nitrogens with zero attached hydrogens (tertiary/aromatic N) is 4. The fourth-order valence-corrected chi connectivity index (χ4v) is 4.30. The van der Waals surface area contributed by atoms with Gasteiger partial charge in [-0.15, -0.1) is 0 Å². The normalized spacial score (nSPS) is 17.0. The Balaban J connectivity index is 1.52. The van der Waals surface area contributed by atoms with Crippen LogP contribution < -0.4 is 10.9 Å². The highest BCUT2D eigenvalue weighted by Gasteiger charge is 2.32. The zero-order valence-corrected chi connectivity index (χ0v) is 19.2. The van der Waals surface area contributed by atoms with Gasteiger partial charge < -0.3 is 19.4 Å². The van der Waals surface area contributed by atoms with Crippen molar-refractivity contribution in [2.75, 3.05) is 32.0 Å². The summed E-state index contributed by atoms with van der Waals surface area (Å²) in [5.41, 5.74) is 4.53. The Kier molecular flexibility index (Phi) is 5.64. The summed E-state index contributed by atoms with van der Waals surface area (Å²) in [6.45, 7) is 5.57. The Bertz CT molecular complexity index is 1270. The van der Waals surface area contributed by atoms with E-state index in [9.17, 15) is 14.4 Å². The molecule has 0 unspecified atom stereocenters. The SMILES string of the molecule is Cc1c(C)n(C)c2ccc(NC(=O)[C@H]3CN(C(=O)c4ccc(=O)n(C)c4)CCN3C)cc12. The van der Waals surface area contributed by atoms with E-state index in [1.54, 1.807) is 11.9 Å². The maximum Gasteiger partial charge on any atom is 0.255 e. The zero-order chi connectivity index (χ0) is 23.2. The minimum absolute atomic E-state index is 0.143. The molecule has 0 spiro atoms. The molecule has 8 heteroatoms. The maximum atomic E-state index is 13.1. The summed E-state index contributed by atoms with van der Waals surface area (Å²) in [4.78, 5) is 41.4. The van der Waals surface area contributed by atoms with E-state index in [1.165, 1.54) is 34.2 Å². The second-order valence-electron chi connectivity index (χ2n) is 8.61. The van der Waals surface area contributed by atoms with Gasteiger partial charge in [0.1, 0.15) is 6.04 Å². The van der Waals surface area contributed by atoms with Crippen LogP contribution in [0.5, 0.6) is 0 Å². The molecular weight excluding hydrogens is 406 g/mol. The monoisotopic (exact) mass is 435 g/mol. The third kappa shape index (κ3) is 3.82. The van der Waals surface area contributed by atoms with Gasteiger partial charge in [-0.2, -0.15) is 0 Å². The average molecular weight is 436 g/mol. The van der Waals surface area contributed by atoms with Gasteiger partial charge >= 0.3 is 0 Å². The van der Waals surface area contributed by atoms with Crippen LogP contribution in [0, 0.1) is 13.8 Å². The lowest BCUT2D eigenvalue weighted by atomic mass is 10.1. The van der Waals surface area contributed by atoms with E-state index in [1.807, 2.05) is 37.2 Å². The van der Waals surface area contributed by atoms with E-state index in [0.29, 0.717) is 18.7 Å². The molecule has 1 aliphatic rings. The molecule has 0 radical (unpaired) electrons. The number of hydrogen-bond donors (Lipinski definition) is 1. The quantitative estimate of drug-likeness (QED) is 0.682. The highest BCUT2D eigenvalue weighted by atomic mass is 16.2. The minimum Gasteiger partial charge on any atom is -0.348 e.